The van der Waals surface area contributed by atoms with E-state index in [1.807, 2.05) is 16.8 Å². The van der Waals surface area contributed by atoms with Crippen LogP contribution in [0.3, 0.4) is 0 Å². The van der Waals surface area contributed by atoms with E-state index < -0.39 is 37.8 Å². The molecule has 4 heterocycles. The molecule has 1 aromatic carbocycles. The molecule has 1 amide bonds. The smallest absolute Gasteiger partial charge is 0.317 e. The second-order valence-corrected chi connectivity index (χ2v) is 18.8. The van der Waals surface area contributed by atoms with Crippen LogP contribution in [0.2, 0.25) is 5.28 Å². The molecule has 2 aromatic heterocycles. The zero-order chi connectivity index (χ0) is 42.4. The fraction of sp³-hybridized carbons (Fsp3) is 0.515. The van der Waals surface area contributed by atoms with Crippen molar-refractivity contribution in [2.24, 2.45) is 10.4 Å². The van der Waals surface area contributed by atoms with Gasteiger partial charge < -0.3 is 39.4 Å². The maximum Gasteiger partial charge on any atom is 0.317 e. The molecule has 23 heteroatoms. The average molecular weight is 858 g/mol. The molecule has 2 aliphatic rings. The highest BCUT2D eigenvalue weighted by Gasteiger charge is 2.31. The van der Waals surface area contributed by atoms with Crippen LogP contribution in [0.4, 0.5) is 27.7 Å². The third-order valence-corrected chi connectivity index (χ3v) is 8.24. The normalized spacial score (nSPS) is 15.1. The lowest BCUT2D eigenvalue weighted by atomic mass is 9.92. The molecule has 0 spiro atoms. The van der Waals surface area contributed by atoms with E-state index in [0.29, 0.717) is 39.6 Å². The van der Waals surface area contributed by atoms with E-state index in [0.717, 1.165) is 18.8 Å². The molecule has 0 bridgehead atoms. The van der Waals surface area contributed by atoms with E-state index in [1.54, 1.807) is 13.8 Å². The SMILES string of the molecule is C#CCN1C(=O)COc2cc(F)c(N=c3snc4n3CC(C)(C)C4)cc21.CCNc1nc(Cl)nc(NC(C)(C)C#N)n1.C[S+](C)C.O=C(O)CNCP(=O)([O-])O. The first-order chi connectivity index (χ1) is 26.0. The highest BCUT2D eigenvalue weighted by molar-refractivity contribution is 7.94. The van der Waals surface area contributed by atoms with Crippen molar-refractivity contribution in [3.8, 4) is 24.2 Å². The first-order valence-corrected chi connectivity index (χ1v) is 22.0. The number of halogens is 2. The van der Waals surface area contributed by atoms with Crippen molar-refractivity contribution < 1.29 is 38.2 Å². The number of hydrogen-bond donors (Lipinski definition) is 5. The van der Waals surface area contributed by atoms with Gasteiger partial charge in [0.05, 0.1) is 49.9 Å². The van der Waals surface area contributed by atoms with Crippen molar-refractivity contribution in [3.63, 3.8) is 0 Å². The Morgan fingerprint density at radius 1 is 1.29 bits per heavy atom. The minimum atomic E-state index is -4.35. The number of fused-ring (bicyclic) bond motifs is 2. The minimum absolute atomic E-state index is 0.0854. The van der Waals surface area contributed by atoms with Crippen LogP contribution >= 0.6 is 30.7 Å². The van der Waals surface area contributed by atoms with Crippen molar-refractivity contribution >= 4 is 76.8 Å². The van der Waals surface area contributed by atoms with Crippen molar-refractivity contribution in [1.82, 2.24) is 29.2 Å². The summed E-state index contributed by atoms with van der Waals surface area (Å²) >= 11 is 6.97. The van der Waals surface area contributed by atoms with E-state index in [4.69, 9.17) is 38.0 Å². The molecule has 0 radical (unpaired) electrons. The first-order valence-electron chi connectivity index (χ1n) is 16.6. The van der Waals surface area contributed by atoms with Crippen LogP contribution in [0, 0.1) is 34.9 Å². The Labute approximate surface area is 336 Å². The van der Waals surface area contributed by atoms with Crippen molar-refractivity contribution in [3.05, 3.63) is 33.9 Å². The van der Waals surface area contributed by atoms with Gasteiger partial charge in [0.15, 0.2) is 12.4 Å². The summed E-state index contributed by atoms with van der Waals surface area (Å²) in [6.07, 6.45) is 12.1. The molecule has 2 aliphatic heterocycles. The van der Waals surface area contributed by atoms with Gasteiger partial charge in [-0.2, -0.15) is 24.6 Å². The Bertz CT molecular complexity index is 2040. The van der Waals surface area contributed by atoms with Crippen LogP contribution < -0.4 is 35.3 Å². The molecular weight excluding hydrogens is 812 g/mol. The number of carbonyl (C=O) groups is 2. The Hall–Kier alpha value is -4.34. The van der Waals surface area contributed by atoms with Crippen LogP contribution in [-0.2, 0) is 38.0 Å². The van der Waals surface area contributed by atoms with Gasteiger partial charge in [0.25, 0.3) is 5.91 Å². The largest absolute Gasteiger partial charge is 0.778 e. The number of ether oxygens (including phenoxy) is 1. The monoisotopic (exact) mass is 857 g/mol. The summed E-state index contributed by atoms with van der Waals surface area (Å²) in [5, 5.41) is 24.7. The summed E-state index contributed by atoms with van der Waals surface area (Å²) < 4.78 is 36.3. The van der Waals surface area contributed by atoms with E-state index in [1.165, 1.54) is 28.6 Å². The first kappa shape index (κ1) is 47.8. The molecule has 0 saturated carbocycles. The van der Waals surface area contributed by atoms with E-state index in [-0.39, 0.29) is 41.4 Å². The van der Waals surface area contributed by atoms with E-state index in [2.05, 4.69) is 79.6 Å². The van der Waals surface area contributed by atoms with Gasteiger partial charge in [-0.1, -0.05) is 19.8 Å². The molecule has 1 unspecified atom stereocenters. The summed E-state index contributed by atoms with van der Waals surface area (Å²) in [6, 6.07) is 4.84. The van der Waals surface area contributed by atoms with Gasteiger partial charge in [-0.05, 0) is 54.7 Å². The molecule has 5 N–H and O–H groups in total. The number of nitriles is 1. The Morgan fingerprint density at radius 3 is 2.50 bits per heavy atom. The predicted molar refractivity (Wildman–Crippen MR) is 214 cm³/mol. The van der Waals surface area contributed by atoms with Gasteiger partial charge in [-0.3, -0.25) is 19.8 Å². The summed E-state index contributed by atoms with van der Waals surface area (Å²) in [6.45, 7) is 10.6. The topological polar surface area (TPSA) is 256 Å². The summed E-state index contributed by atoms with van der Waals surface area (Å²) in [4.78, 5) is 58.2. The molecule has 0 fully saturated rings. The van der Waals surface area contributed by atoms with Crippen molar-refractivity contribution in [1.29, 1.82) is 5.26 Å². The number of rotatable bonds is 10. The van der Waals surface area contributed by atoms with Gasteiger partial charge in [-0.25, -0.2) is 9.38 Å². The number of nitrogens with one attached hydrogen (secondary N) is 3. The lowest BCUT2D eigenvalue weighted by Gasteiger charge is -2.28. The number of anilines is 3. The van der Waals surface area contributed by atoms with Gasteiger partial charge in [0.2, 0.25) is 22.0 Å². The molecular formula is C33H46ClFN11O7PS2. The van der Waals surface area contributed by atoms with Crippen LogP contribution in [0.5, 0.6) is 5.75 Å². The molecule has 18 nitrogen and oxygen atoms in total. The average Bonchev–Trinajstić information content (AvgIpc) is 3.57. The number of nitrogens with zero attached hydrogens (tertiary/aromatic N) is 8. The number of carboxylic acid groups (broad SMARTS) is 1. The zero-order valence-corrected chi connectivity index (χ0v) is 35.5. The number of terminal acetylenes is 1. The van der Waals surface area contributed by atoms with Gasteiger partial charge >= 0.3 is 5.97 Å². The van der Waals surface area contributed by atoms with Crippen LogP contribution in [0.15, 0.2) is 17.1 Å². The molecule has 5 rings (SSSR count). The van der Waals surface area contributed by atoms with Crippen LogP contribution in [0.1, 0.15) is 40.4 Å². The Kier molecular flexibility index (Phi) is 18.1. The van der Waals surface area contributed by atoms with Crippen LogP contribution in [-0.4, -0.2) is 103 Å². The number of benzene rings is 1. The highest BCUT2D eigenvalue weighted by atomic mass is 35.5. The van der Waals surface area contributed by atoms with E-state index in [9.17, 15) is 23.4 Å². The van der Waals surface area contributed by atoms with Gasteiger partial charge in [-0.15, -0.1) is 6.42 Å². The zero-order valence-electron chi connectivity index (χ0n) is 32.2. The Morgan fingerprint density at radius 2 is 1.93 bits per heavy atom. The number of carbonyl (C=O) groups excluding carboxylic acids is 1. The number of carboxylic acids is 1. The van der Waals surface area contributed by atoms with Crippen molar-refractivity contribution in [2.75, 3.05) is 66.8 Å². The summed E-state index contributed by atoms with van der Waals surface area (Å²) in [5.74, 6) is 2.42. The molecule has 0 saturated heterocycles. The third kappa shape index (κ3) is 16.4. The minimum Gasteiger partial charge on any atom is -0.778 e. The molecule has 0 aliphatic carbocycles. The second-order valence-electron chi connectivity index (χ2n) is 13.6. The third-order valence-electron chi connectivity index (χ3n) is 6.67. The fourth-order valence-corrected chi connectivity index (χ4v) is 5.81. The maximum absolute atomic E-state index is 14.5. The number of hydrogen-bond acceptors (Lipinski definition) is 15. The second kappa shape index (κ2) is 21.3. The molecule has 56 heavy (non-hydrogen) atoms. The lowest BCUT2D eigenvalue weighted by Crippen LogP contribution is -2.39. The maximum atomic E-state index is 14.5. The molecule has 1 atom stereocenters. The Balaban J connectivity index is 0.000000308. The van der Waals surface area contributed by atoms with E-state index >= 15 is 0 Å². The lowest BCUT2D eigenvalue weighted by molar-refractivity contribution is -0.193. The number of aromatic nitrogens is 5. The predicted octanol–water partition coefficient (Wildman–Crippen LogP) is 2.59. The number of amides is 1. The number of aliphatic carboxylic acids is 1. The van der Waals surface area contributed by atoms with Gasteiger partial charge in [0, 0.05) is 37.1 Å². The van der Waals surface area contributed by atoms with Crippen molar-refractivity contribution in [2.45, 2.75) is 53.1 Å². The summed E-state index contributed by atoms with van der Waals surface area (Å²) in [7, 11) is -3.71. The highest BCUT2D eigenvalue weighted by Crippen LogP contribution is 2.37. The molecule has 3 aromatic rings. The fourth-order valence-electron chi connectivity index (χ4n) is 4.50. The van der Waals surface area contributed by atoms with Gasteiger partial charge in [0.1, 0.15) is 30.4 Å². The summed E-state index contributed by atoms with van der Waals surface area (Å²) in [5.41, 5.74) is -0.0777. The quantitative estimate of drug-likeness (QED) is 0.112. The van der Waals surface area contributed by atoms with Crippen LogP contribution in [0.25, 0.3) is 0 Å². The molecule has 306 valence electrons. The standard InChI is InChI=1S/C18H17FN4O2S.C9H13ClN6.C3H8NO5P.C3H9S/c1-4-5-22-13-7-12(11(19)6-14(13)25-9-16(22)24)20-17-23-10-18(2,3)8-15(23)21-26-17;1-4-12-7-13-6(10)14-8(15-7)16-9(2,3)5-11;5-3(6)1-4-2-10(7,8)9;1-4(2)3/h1,6-7H,5,8-10H2,2-3H3;4H2,1-3H3,(H2,12,13,14,15,16);4H,1-2H2,(H,5,6)(H2,7,8,9);1-3H3/q;;;+1/p-1.